The highest BCUT2D eigenvalue weighted by molar-refractivity contribution is 5.91. The molecule has 0 fully saturated rings. The lowest BCUT2D eigenvalue weighted by atomic mass is 10.0. The van der Waals surface area contributed by atoms with Gasteiger partial charge in [-0.15, -0.1) is 0 Å². The lowest BCUT2D eigenvalue weighted by Gasteiger charge is -2.04. The first kappa shape index (κ1) is 14.5. The Bertz CT molecular complexity index is 712. The highest BCUT2D eigenvalue weighted by Gasteiger charge is 2.04. The van der Waals surface area contributed by atoms with E-state index >= 15 is 0 Å². The van der Waals surface area contributed by atoms with Gasteiger partial charge in [-0.1, -0.05) is 30.3 Å². The topological polar surface area (TPSA) is 74.6 Å². The summed E-state index contributed by atoms with van der Waals surface area (Å²) in [5.41, 5.74) is 3.06. The molecule has 0 heterocycles. The Morgan fingerprint density at radius 3 is 2.19 bits per heavy atom. The van der Waals surface area contributed by atoms with Crippen LogP contribution >= 0.6 is 0 Å². The number of carbonyl (C=O) groups is 2. The van der Waals surface area contributed by atoms with Crippen LogP contribution in [0.5, 0.6) is 0 Å². The zero-order valence-corrected chi connectivity index (χ0v) is 11.4. The Labute approximate surface area is 122 Å². The number of aliphatic carboxylic acids is 1. The van der Waals surface area contributed by atoms with Crippen LogP contribution in [0.3, 0.4) is 0 Å². The summed E-state index contributed by atoms with van der Waals surface area (Å²) in [6, 6.07) is 14.0. The van der Waals surface area contributed by atoms with E-state index in [-0.39, 0.29) is 11.1 Å². The molecule has 0 aliphatic carbocycles. The number of hydrogen-bond acceptors (Lipinski definition) is 2. The van der Waals surface area contributed by atoms with Crippen molar-refractivity contribution in [3.63, 3.8) is 0 Å². The van der Waals surface area contributed by atoms with E-state index in [1.807, 2.05) is 24.3 Å². The standard InChI is InChI=1S/C17H14O4/c1-11(16(18)19)9-12-3-2-4-15(10-12)13-5-7-14(8-6-13)17(20)21/h2-10H,1H3,(H,18,19)(H,20,21)/b11-9+. The highest BCUT2D eigenvalue weighted by atomic mass is 16.4. The first-order valence-electron chi connectivity index (χ1n) is 6.33. The van der Waals surface area contributed by atoms with Crippen molar-refractivity contribution in [2.24, 2.45) is 0 Å². The predicted molar refractivity (Wildman–Crippen MR) is 80.1 cm³/mol. The van der Waals surface area contributed by atoms with E-state index in [1.54, 1.807) is 30.3 Å². The van der Waals surface area contributed by atoms with Crippen molar-refractivity contribution in [3.05, 3.63) is 65.2 Å². The molecule has 4 nitrogen and oxygen atoms in total. The van der Waals surface area contributed by atoms with Gasteiger partial charge in [0.1, 0.15) is 0 Å². The maximum absolute atomic E-state index is 10.8. The van der Waals surface area contributed by atoms with Gasteiger partial charge in [-0.25, -0.2) is 9.59 Å². The van der Waals surface area contributed by atoms with Crippen molar-refractivity contribution in [3.8, 4) is 11.1 Å². The molecule has 0 radical (unpaired) electrons. The van der Waals surface area contributed by atoms with Gasteiger partial charge in [-0.3, -0.25) is 0 Å². The van der Waals surface area contributed by atoms with Crippen molar-refractivity contribution >= 4 is 18.0 Å². The lowest BCUT2D eigenvalue weighted by molar-refractivity contribution is -0.132. The first-order valence-corrected chi connectivity index (χ1v) is 6.33. The Morgan fingerprint density at radius 1 is 0.952 bits per heavy atom. The van der Waals surface area contributed by atoms with Crippen molar-refractivity contribution in [2.45, 2.75) is 6.92 Å². The molecular formula is C17H14O4. The van der Waals surface area contributed by atoms with Crippen molar-refractivity contribution in [2.75, 3.05) is 0 Å². The second-order valence-electron chi connectivity index (χ2n) is 4.64. The number of benzene rings is 2. The molecular weight excluding hydrogens is 268 g/mol. The number of rotatable bonds is 4. The molecule has 2 rings (SSSR count). The minimum Gasteiger partial charge on any atom is -0.478 e. The molecule has 0 spiro atoms. The van der Waals surface area contributed by atoms with Crippen LogP contribution in [0.1, 0.15) is 22.8 Å². The smallest absolute Gasteiger partial charge is 0.335 e. The molecule has 2 aromatic rings. The Balaban J connectivity index is 2.35. The quantitative estimate of drug-likeness (QED) is 0.841. The van der Waals surface area contributed by atoms with Crippen molar-refractivity contribution in [1.29, 1.82) is 0 Å². The van der Waals surface area contributed by atoms with E-state index in [0.29, 0.717) is 0 Å². The number of hydrogen-bond donors (Lipinski definition) is 2. The van der Waals surface area contributed by atoms with E-state index in [4.69, 9.17) is 10.2 Å². The minimum atomic E-state index is -0.963. The highest BCUT2D eigenvalue weighted by Crippen LogP contribution is 2.22. The maximum Gasteiger partial charge on any atom is 0.335 e. The molecule has 0 atom stereocenters. The van der Waals surface area contributed by atoms with Gasteiger partial charge in [0.25, 0.3) is 0 Å². The Hall–Kier alpha value is -2.88. The van der Waals surface area contributed by atoms with Crippen molar-refractivity contribution < 1.29 is 19.8 Å². The van der Waals surface area contributed by atoms with Crippen LogP contribution in [0.4, 0.5) is 0 Å². The molecule has 0 aromatic heterocycles. The van der Waals surface area contributed by atoms with Gasteiger partial charge < -0.3 is 10.2 Å². The lowest BCUT2D eigenvalue weighted by Crippen LogP contribution is -1.95. The molecule has 0 saturated carbocycles. The summed E-state index contributed by atoms with van der Waals surface area (Å²) in [5, 5.41) is 17.8. The fourth-order valence-electron chi connectivity index (χ4n) is 1.93. The molecule has 0 aliphatic rings. The molecule has 0 saturated heterocycles. The molecule has 4 heteroatoms. The first-order chi connectivity index (χ1) is 9.97. The number of aromatic carboxylic acids is 1. The summed E-state index contributed by atoms with van der Waals surface area (Å²) in [6.45, 7) is 1.54. The third kappa shape index (κ3) is 3.57. The van der Waals surface area contributed by atoms with Crippen LogP contribution in [-0.2, 0) is 4.79 Å². The third-order valence-electron chi connectivity index (χ3n) is 3.07. The second-order valence-corrected chi connectivity index (χ2v) is 4.64. The fraction of sp³-hybridized carbons (Fsp3) is 0.0588. The molecule has 0 aliphatic heterocycles. The summed E-state index contributed by atoms with van der Waals surface area (Å²) in [5.74, 6) is -1.92. The van der Waals surface area contributed by atoms with Crippen LogP contribution < -0.4 is 0 Å². The Morgan fingerprint density at radius 2 is 1.62 bits per heavy atom. The van der Waals surface area contributed by atoms with Gasteiger partial charge in [-0.2, -0.15) is 0 Å². The second kappa shape index (κ2) is 6.05. The molecule has 0 unspecified atom stereocenters. The predicted octanol–water partition coefficient (Wildman–Crippen LogP) is 3.54. The summed E-state index contributed by atoms with van der Waals surface area (Å²) in [4.78, 5) is 21.7. The summed E-state index contributed by atoms with van der Waals surface area (Å²) < 4.78 is 0. The molecule has 106 valence electrons. The summed E-state index contributed by atoms with van der Waals surface area (Å²) >= 11 is 0. The zero-order valence-electron chi connectivity index (χ0n) is 11.4. The van der Waals surface area contributed by atoms with E-state index in [2.05, 4.69) is 0 Å². The van der Waals surface area contributed by atoms with Crippen molar-refractivity contribution in [1.82, 2.24) is 0 Å². The monoisotopic (exact) mass is 282 g/mol. The normalized spacial score (nSPS) is 11.2. The minimum absolute atomic E-state index is 0.233. The van der Waals surface area contributed by atoms with Gasteiger partial charge in [0.15, 0.2) is 0 Å². The van der Waals surface area contributed by atoms with E-state index in [9.17, 15) is 9.59 Å². The molecule has 0 amide bonds. The van der Waals surface area contributed by atoms with Gasteiger partial charge >= 0.3 is 11.9 Å². The van der Waals surface area contributed by atoms with Gasteiger partial charge in [0.2, 0.25) is 0 Å². The van der Waals surface area contributed by atoms with E-state index in [1.165, 1.54) is 6.92 Å². The molecule has 2 N–H and O–H groups in total. The Kier molecular flexibility index (Phi) is 4.18. The van der Waals surface area contributed by atoms with Crippen LogP contribution in [0.15, 0.2) is 54.1 Å². The average molecular weight is 282 g/mol. The van der Waals surface area contributed by atoms with Crippen LogP contribution in [0.25, 0.3) is 17.2 Å². The summed E-state index contributed by atoms with van der Waals surface area (Å²) in [6.07, 6.45) is 1.59. The number of carboxylic acid groups (broad SMARTS) is 2. The van der Waals surface area contributed by atoms with Crippen LogP contribution in [0, 0.1) is 0 Å². The average Bonchev–Trinajstić information content (AvgIpc) is 2.47. The number of carboxylic acids is 2. The van der Waals surface area contributed by atoms with Gasteiger partial charge in [0, 0.05) is 5.57 Å². The van der Waals surface area contributed by atoms with E-state index in [0.717, 1.165) is 16.7 Å². The third-order valence-corrected chi connectivity index (χ3v) is 3.07. The maximum atomic E-state index is 10.8. The van der Waals surface area contributed by atoms with Crippen LogP contribution in [0.2, 0.25) is 0 Å². The molecule has 2 aromatic carbocycles. The summed E-state index contributed by atoms with van der Waals surface area (Å²) in [7, 11) is 0. The SMILES string of the molecule is C/C(=C\c1cccc(-c2ccc(C(=O)O)cc2)c1)C(=O)O. The van der Waals surface area contributed by atoms with E-state index < -0.39 is 11.9 Å². The van der Waals surface area contributed by atoms with Gasteiger partial charge in [-0.05, 0) is 47.9 Å². The fourth-order valence-corrected chi connectivity index (χ4v) is 1.93. The zero-order chi connectivity index (χ0) is 15.4. The molecule has 21 heavy (non-hydrogen) atoms. The largest absolute Gasteiger partial charge is 0.478 e. The molecule has 0 bridgehead atoms. The van der Waals surface area contributed by atoms with Gasteiger partial charge in [0.05, 0.1) is 5.56 Å². The van der Waals surface area contributed by atoms with Crippen LogP contribution in [-0.4, -0.2) is 22.2 Å².